The van der Waals surface area contributed by atoms with Crippen LogP contribution in [0.15, 0.2) is 24.3 Å². The molecule has 0 bridgehead atoms. The lowest BCUT2D eigenvalue weighted by atomic mass is 10.1. The molecule has 0 amide bonds. The summed E-state index contributed by atoms with van der Waals surface area (Å²) in [7, 11) is 3.68. The highest BCUT2D eigenvalue weighted by atomic mass is 35.5. The molecular weight excluding hydrogens is 250 g/mol. The quantitative estimate of drug-likeness (QED) is 0.713. The minimum absolute atomic E-state index is 0.119. The van der Waals surface area contributed by atoms with E-state index in [4.69, 9.17) is 16.3 Å². The average Bonchev–Trinajstić information content (AvgIpc) is 2.35. The molecule has 4 heteroatoms. The number of methoxy groups -OCH3 is 1. The number of nitrogens with zero attached hydrogens (tertiary/aromatic N) is 1. The number of carbonyl (C=O) groups excluding carboxylic acids is 1. The molecule has 0 spiro atoms. The van der Waals surface area contributed by atoms with Gasteiger partial charge in [-0.05, 0) is 26.1 Å². The molecular formula is C14H20ClNO2. The van der Waals surface area contributed by atoms with Crippen LogP contribution >= 0.6 is 11.6 Å². The minimum Gasteiger partial charge on any atom is -0.383 e. The predicted molar refractivity (Wildman–Crippen MR) is 74.4 cm³/mol. The number of ether oxygens (including phenoxy) is 1. The highest BCUT2D eigenvalue weighted by molar-refractivity contribution is 6.31. The van der Waals surface area contributed by atoms with Crippen molar-refractivity contribution in [3.05, 3.63) is 34.9 Å². The van der Waals surface area contributed by atoms with Gasteiger partial charge in [-0.3, -0.25) is 4.79 Å². The van der Waals surface area contributed by atoms with Crippen molar-refractivity contribution in [1.82, 2.24) is 4.90 Å². The van der Waals surface area contributed by atoms with Crippen molar-refractivity contribution in [1.29, 1.82) is 0 Å². The third-order valence-electron chi connectivity index (χ3n) is 3.00. The number of rotatable bonds is 7. The van der Waals surface area contributed by atoms with Crippen LogP contribution in [0.1, 0.15) is 23.7 Å². The van der Waals surface area contributed by atoms with Gasteiger partial charge in [-0.1, -0.05) is 23.7 Å². The molecule has 0 heterocycles. The first-order chi connectivity index (χ1) is 8.54. The molecule has 1 aromatic carbocycles. The molecule has 1 aromatic rings. The fourth-order valence-corrected chi connectivity index (χ4v) is 1.86. The maximum Gasteiger partial charge on any atom is 0.164 e. The van der Waals surface area contributed by atoms with Crippen LogP contribution in [0.5, 0.6) is 0 Å². The number of carbonyl (C=O) groups is 1. The van der Waals surface area contributed by atoms with Crippen molar-refractivity contribution in [2.75, 3.05) is 27.3 Å². The Bertz CT molecular complexity index is 395. The van der Waals surface area contributed by atoms with Crippen LogP contribution in [-0.2, 0) is 4.74 Å². The first-order valence-corrected chi connectivity index (χ1v) is 6.40. The lowest BCUT2D eigenvalue weighted by Crippen LogP contribution is -2.34. The van der Waals surface area contributed by atoms with Crippen LogP contribution in [0.4, 0.5) is 0 Å². The molecule has 3 nitrogen and oxygen atoms in total. The number of benzene rings is 1. The Labute approximate surface area is 114 Å². The smallest absolute Gasteiger partial charge is 0.164 e. The van der Waals surface area contributed by atoms with Crippen LogP contribution in [0.3, 0.4) is 0 Å². The van der Waals surface area contributed by atoms with E-state index in [9.17, 15) is 4.79 Å². The zero-order chi connectivity index (χ0) is 13.5. The molecule has 100 valence electrons. The van der Waals surface area contributed by atoms with Gasteiger partial charge in [0.15, 0.2) is 5.78 Å². The third kappa shape index (κ3) is 4.77. The van der Waals surface area contributed by atoms with E-state index < -0.39 is 0 Å². The molecule has 1 unspecified atom stereocenters. The average molecular weight is 270 g/mol. The Morgan fingerprint density at radius 3 is 2.83 bits per heavy atom. The van der Waals surface area contributed by atoms with E-state index in [0.29, 0.717) is 29.7 Å². The summed E-state index contributed by atoms with van der Waals surface area (Å²) >= 11 is 5.86. The molecule has 18 heavy (non-hydrogen) atoms. The maximum absolute atomic E-state index is 12.0. The van der Waals surface area contributed by atoms with E-state index in [2.05, 4.69) is 11.8 Å². The van der Waals surface area contributed by atoms with E-state index in [1.807, 2.05) is 7.05 Å². The molecule has 1 atom stereocenters. The summed E-state index contributed by atoms with van der Waals surface area (Å²) in [6, 6.07) is 7.38. The van der Waals surface area contributed by atoms with Gasteiger partial charge in [-0.15, -0.1) is 0 Å². The van der Waals surface area contributed by atoms with Crippen molar-refractivity contribution in [3.63, 3.8) is 0 Å². The van der Waals surface area contributed by atoms with Crippen LogP contribution in [0.25, 0.3) is 0 Å². The van der Waals surface area contributed by atoms with Gasteiger partial charge in [-0.2, -0.15) is 0 Å². The van der Waals surface area contributed by atoms with Gasteiger partial charge in [0.2, 0.25) is 0 Å². The topological polar surface area (TPSA) is 29.5 Å². The Morgan fingerprint density at radius 1 is 1.50 bits per heavy atom. The standard InChI is InChI=1S/C14H20ClNO2/c1-11(10-18-3)16(2)8-7-14(17)12-5-4-6-13(15)9-12/h4-6,9,11H,7-8,10H2,1-3H3. The molecule has 0 fully saturated rings. The summed E-state index contributed by atoms with van der Waals surface area (Å²) in [6.07, 6.45) is 0.491. The van der Waals surface area contributed by atoms with Gasteiger partial charge in [0.1, 0.15) is 0 Å². The highest BCUT2D eigenvalue weighted by Crippen LogP contribution is 2.12. The number of halogens is 1. The summed E-state index contributed by atoms with van der Waals surface area (Å²) in [5, 5.41) is 0.599. The number of hydrogen-bond acceptors (Lipinski definition) is 3. The lowest BCUT2D eigenvalue weighted by Gasteiger charge is -2.23. The predicted octanol–water partition coefficient (Wildman–Crippen LogP) is 2.88. The van der Waals surface area contributed by atoms with Crippen molar-refractivity contribution < 1.29 is 9.53 Å². The normalized spacial score (nSPS) is 12.7. The largest absolute Gasteiger partial charge is 0.383 e. The van der Waals surface area contributed by atoms with Gasteiger partial charge in [-0.25, -0.2) is 0 Å². The second kappa shape index (κ2) is 7.52. The van der Waals surface area contributed by atoms with E-state index in [1.165, 1.54) is 0 Å². The highest BCUT2D eigenvalue weighted by Gasteiger charge is 2.12. The van der Waals surface area contributed by atoms with Crippen LogP contribution in [-0.4, -0.2) is 44.0 Å². The van der Waals surface area contributed by atoms with Gasteiger partial charge in [0, 0.05) is 36.7 Å². The Hall–Kier alpha value is -0.900. The van der Waals surface area contributed by atoms with Crippen LogP contribution in [0, 0.1) is 0 Å². The Kier molecular flexibility index (Phi) is 6.33. The maximum atomic E-state index is 12.0. The molecule has 1 rings (SSSR count). The zero-order valence-corrected chi connectivity index (χ0v) is 11.9. The summed E-state index contributed by atoms with van der Waals surface area (Å²) in [4.78, 5) is 14.1. The van der Waals surface area contributed by atoms with Crippen LogP contribution in [0.2, 0.25) is 5.02 Å². The molecule has 0 aliphatic heterocycles. The molecule has 0 saturated heterocycles. The number of hydrogen-bond donors (Lipinski definition) is 0. The number of Topliss-reactive ketones (excluding diaryl/α,β-unsaturated/α-hetero) is 1. The fourth-order valence-electron chi connectivity index (χ4n) is 1.67. The number of likely N-dealkylation sites (N-methyl/N-ethyl adjacent to an activating group) is 1. The van der Waals surface area contributed by atoms with Gasteiger partial charge in [0.05, 0.1) is 6.61 Å². The molecule has 0 aliphatic carbocycles. The first kappa shape index (κ1) is 15.2. The molecule has 0 aromatic heterocycles. The van der Waals surface area contributed by atoms with E-state index >= 15 is 0 Å². The molecule has 0 N–H and O–H groups in total. The van der Waals surface area contributed by atoms with Crippen molar-refractivity contribution in [2.24, 2.45) is 0 Å². The zero-order valence-electron chi connectivity index (χ0n) is 11.1. The second-order valence-electron chi connectivity index (χ2n) is 4.47. The summed E-state index contributed by atoms with van der Waals surface area (Å²) in [5.41, 5.74) is 0.676. The van der Waals surface area contributed by atoms with Crippen LogP contribution < -0.4 is 0 Å². The molecule has 0 aliphatic rings. The minimum atomic E-state index is 0.119. The number of ketones is 1. The lowest BCUT2D eigenvalue weighted by molar-refractivity contribution is 0.0916. The summed E-state index contributed by atoms with van der Waals surface area (Å²) in [5.74, 6) is 0.119. The van der Waals surface area contributed by atoms with E-state index in [-0.39, 0.29) is 5.78 Å². The first-order valence-electron chi connectivity index (χ1n) is 6.02. The van der Waals surface area contributed by atoms with E-state index in [0.717, 1.165) is 6.54 Å². The van der Waals surface area contributed by atoms with Gasteiger partial charge < -0.3 is 9.64 Å². The SMILES string of the molecule is COCC(C)N(C)CCC(=O)c1cccc(Cl)c1. The third-order valence-corrected chi connectivity index (χ3v) is 3.23. The summed E-state index contributed by atoms with van der Waals surface area (Å²) < 4.78 is 5.09. The Balaban J connectivity index is 2.46. The van der Waals surface area contributed by atoms with E-state index in [1.54, 1.807) is 31.4 Å². The van der Waals surface area contributed by atoms with Crippen molar-refractivity contribution in [2.45, 2.75) is 19.4 Å². The summed E-state index contributed by atoms with van der Waals surface area (Å²) in [6.45, 7) is 3.46. The molecule has 0 radical (unpaired) electrons. The Morgan fingerprint density at radius 2 is 2.22 bits per heavy atom. The fraction of sp³-hybridized carbons (Fsp3) is 0.500. The monoisotopic (exact) mass is 269 g/mol. The van der Waals surface area contributed by atoms with Gasteiger partial charge >= 0.3 is 0 Å². The van der Waals surface area contributed by atoms with Crippen molar-refractivity contribution >= 4 is 17.4 Å². The van der Waals surface area contributed by atoms with Crippen molar-refractivity contribution in [3.8, 4) is 0 Å². The van der Waals surface area contributed by atoms with Gasteiger partial charge in [0.25, 0.3) is 0 Å². The molecule has 0 saturated carbocycles. The second-order valence-corrected chi connectivity index (χ2v) is 4.90.